The van der Waals surface area contributed by atoms with E-state index in [1.807, 2.05) is 4.68 Å². The molecule has 1 aromatic heterocycles. The topological polar surface area (TPSA) is 52.0 Å². The minimum Gasteiger partial charge on any atom is -0.381 e. The number of rotatable bonds is 11. The number of hydrogen-bond donors (Lipinski definition) is 1. The maximum Gasteiger partial charge on any atom is 0.138 e. The van der Waals surface area contributed by atoms with Crippen molar-refractivity contribution >= 4 is 0 Å². The molecule has 0 saturated heterocycles. The van der Waals surface area contributed by atoms with E-state index in [1.165, 1.54) is 0 Å². The first-order valence-corrected chi connectivity index (χ1v) is 7.49. The normalized spacial score (nSPS) is 12.8. The number of nitrogens with zero attached hydrogens (tertiary/aromatic N) is 3. The summed E-state index contributed by atoms with van der Waals surface area (Å²) in [5.41, 5.74) is 0. The summed E-state index contributed by atoms with van der Waals surface area (Å²) in [5, 5.41) is 7.78. The van der Waals surface area contributed by atoms with Crippen LogP contribution in [-0.4, -0.2) is 40.6 Å². The van der Waals surface area contributed by atoms with Gasteiger partial charge in [0.2, 0.25) is 0 Å². The number of aryl methyl sites for hydroxylation is 1. The highest BCUT2D eigenvalue weighted by Crippen LogP contribution is 2.04. The summed E-state index contributed by atoms with van der Waals surface area (Å²) in [7, 11) is 0. The van der Waals surface area contributed by atoms with Crippen molar-refractivity contribution in [2.75, 3.05) is 19.8 Å². The van der Waals surface area contributed by atoms with E-state index in [9.17, 15) is 0 Å². The van der Waals surface area contributed by atoms with Crippen molar-refractivity contribution in [1.82, 2.24) is 20.1 Å². The Kier molecular flexibility index (Phi) is 8.41. The molecule has 5 nitrogen and oxygen atoms in total. The third-order valence-corrected chi connectivity index (χ3v) is 3.01. The third kappa shape index (κ3) is 6.16. The van der Waals surface area contributed by atoms with Gasteiger partial charge < -0.3 is 10.1 Å². The fraction of sp³-hybridized carbons (Fsp3) is 0.857. The van der Waals surface area contributed by atoms with E-state index in [-0.39, 0.29) is 0 Å². The summed E-state index contributed by atoms with van der Waals surface area (Å²) in [6, 6.07) is 0.418. The Balaban J connectivity index is 2.44. The molecule has 1 rings (SSSR count). The quantitative estimate of drug-likeness (QED) is 0.624. The zero-order valence-corrected chi connectivity index (χ0v) is 12.6. The smallest absolute Gasteiger partial charge is 0.138 e. The van der Waals surface area contributed by atoms with Crippen LogP contribution in [0.15, 0.2) is 6.33 Å². The van der Waals surface area contributed by atoms with Gasteiger partial charge in [0.15, 0.2) is 0 Å². The lowest BCUT2D eigenvalue weighted by Crippen LogP contribution is -2.33. The fourth-order valence-corrected chi connectivity index (χ4v) is 2.10. The molecule has 0 radical (unpaired) electrons. The van der Waals surface area contributed by atoms with Crippen molar-refractivity contribution < 1.29 is 4.74 Å². The summed E-state index contributed by atoms with van der Waals surface area (Å²) in [6.45, 7) is 10.0. The molecule has 1 atom stereocenters. The average Bonchev–Trinajstić information content (AvgIpc) is 2.83. The van der Waals surface area contributed by atoms with Gasteiger partial charge in [0.25, 0.3) is 0 Å². The van der Waals surface area contributed by atoms with Crippen molar-refractivity contribution in [2.24, 2.45) is 0 Å². The van der Waals surface area contributed by atoms with E-state index in [0.29, 0.717) is 6.04 Å². The monoisotopic (exact) mass is 268 g/mol. The number of ether oxygens (including phenoxy) is 1. The Labute approximate surface area is 116 Å². The van der Waals surface area contributed by atoms with E-state index in [4.69, 9.17) is 4.74 Å². The van der Waals surface area contributed by atoms with E-state index < -0.39 is 0 Å². The highest BCUT2D eigenvalue weighted by molar-refractivity contribution is 4.89. The van der Waals surface area contributed by atoms with Crippen LogP contribution in [0.5, 0.6) is 0 Å². The van der Waals surface area contributed by atoms with Crippen LogP contribution < -0.4 is 5.32 Å². The van der Waals surface area contributed by atoms with Gasteiger partial charge in [-0.2, -0.15) is 5.10 Å². The van der Waals surface area contributed by atoms with Gasteiger partial charge in [-0.3, -0.25) is 4.68 Å². The SMILES string of the molecule is CCCOCCC(Cc1ncnn1CCC)NCC. The van der Waals surface area contributed by atoms with Crippen LogP contribution in [-0.2, 0) is 17.7 Å². The molecule has 0 saturated carbocycles. The Morgan fingerprint density at radius 2 is 2.11 bits per heavy atom. The van der Waals surface area contributed by atoms with Crippen LogP contribution in [0.2, 0.25) is 0 Å². The van der Waals surface area contributed by atoms with Crippen molar-refractivity contribution in [3.63, 3.8) is 0 Å². The molecule has 0 aliphatic rings. The molecule has 0 bridgehead atoms. The van der Waals surface area contributed by atoms with Gasteiger partial charge in [0.05, 0.1) is 0 Å². The first-order chi connectivity index (χ1) is 9.31. The highest BCUT2D eigenvalue weighted by atomic mass is 16.5. The Bertz CT molecular complexity index is 327. The molecule has 0 aliphatic heterocycles. The van der Waals surface area contributed by atoms with Crippen molar-refractivity contribution in [1.29, 1.82) is 0 Å². The van der Waals surface area contributed by atoms with Gasteiger partial charge in [0, 0.05) is 32.2 Å². The minimum atomic E-state index is 0.418. The second kappa shape index (κ2) is 9.92. The predicted octanol–water partition coefficient (Wildman–Crippen LogP) is 2.03. The van der Waals surface area contributed by atoms with Crippen molar-refractivity contribution in [3.8, 4) is 0 Å². The average molecular weight is 268 g/mol. The summed E-state index contributed by atoms with van der Waals surface area (Å²) in [6.07, 6.45) is 5.76. The molecule has 0 spiro atoms. The van der Waals surface area contributed by atoms with Crippen LogP contribution in [0.3, 0.4) is 0 Å². The molecule has 0 amide bonds. The Hall–Kier alpha value is -0.940. The zero-order chi connectivity index (χ0) is 13.9. The summed E-state index contributed by atoms with van der Waals surface area (Å²) < 4.78 is 7.58. The fourth-order valence-electron chi connectivity index (χ4n) is 2.10. The number of aromatic nitrogens is 3. The molecule has 1 N–H and O–H groups in total. The van der Waals surface area contributed by atoms with Gasteiger partial charge in [-0.1, -0.05) is 20.8 Å². The largest absolute Gasteiger partial charge is 0.381 e. The van der Waals surface area contributed by atoms with Crippen molar-refractivity contribution in [3.05, 3.63) is 12.2 Å². The second-order valence-corrected chi connectivity index (χ2v) is 4.76. The first kappa shape index (κ1) is 16.1. The number of hydrogen-bond acceptors (Lipinski definition) is 4. The first-order valence-electron chi connectivity index (χ1n) is 7.49. The van der Waals surface area contributed by atoms with Crippen LogP contribution in [0.4, 0.5) is 0 Å². The lowest BCUT2D eigenvalue weighted by atomic mass is 10.1. The number of likely N-dealkylation sites (N-methyl/N-ethyl adjacent to an activating group) is 1. The van der Waals surface area contributed by atoms with Crippen LogP contribution in [0, 0.1) is 0 Å². The van der Waals surface area contributed by atoms with Gasteiger partial charge in [-0.25, -0.2) is 4.98 Å². The maximum atomic E-state index is 5.57. The van der Waals surface area contributed by atoms with Gasteiger partial charge in [0.1, 0.15) is 12.2 Å². The van der Waals surface area contributed by atoms with Gasteiger partial charge in [-0.15, -0.1) is 0 Å². The zero-order valence-electron chi connectivity index (χ0n) is 12.6. The van der Waals surface area contributed by atoms with E-state index >= 15 is 0 Å². The number of nitrogens with one attached hydrogen (secondary N) is 1. The van der Waals surface area contributed by atoms with E-state index in [2.05, 4.69) is 36.2 Å². The van der Waals surface area contributed by atoms with Crippen LogP contribution >= 0.6 is 0 Å². The van der Waals surface area contributed by atoms with Crippen LogP contribution in [0.25, 0.3) is 0 Å². The predicted molar refractivity (Wildman–Crippen MR) is 77.2 cm³/mol. The Morgan fingerprint density at radius 3 is 2.79 bits per heavy atom. The highest BCUT2D eigenvalue weighted by Gasteiger charge is 2.12. The molecule has 1 aromatic rings. The molecule has 1 heterocycles. The van der Waals surface area contributed by atoms with Crippen molar-refractivity contribution in [2.45, 2.75) is 59.0 Å². The summed E-state index contributed by atoms with van der Waals surface area (Å²) >= 11 is 0. The second-order valence-electron chi connectivity index (χ2n) is 4.76. The standard InChI is InChI=1S/C14H28N4O/c1-4-8-18-14(16-12-17-18)11-13(15-6-3)7-10-19-9-5-2/h12-13,15H,4-11H2,1-3H3. The molecule has 0 fully saturated rings. The molecule has 110 valence electrons. The molecule has 0 aliphatic carbocycles. The third-order valence-electron chi connectivity index (χ3n) is 3.01. The minimum absolute atomic E-state index is 0.418. The maximum absolute atomic E-state index is 5.57. The van der Waals surface area contributed by atoms with E-state index in [1.54, 1.807) is 6.33 Å². The molecule has 19 heavy (non-hydrogen) atoms. The molecular formula is C14H28N4O. The van der Waals surface area contributed by atoms with Crippen LogP contribution in [0.1, 0.15) is 45.9 Å². The van der Waals surface area contributed by atoms with E-state index in [0.717, 1.165) is 57.8 Å². The van der Waals surface area contributed by atoms with Gasteiger partial charge >= 0.3 is 0 Å². The lowest BCUT2D eigenvalue weighted by Gasteiger charge is -2.17. The molecule has 5 heteroatoms. The summed E-state index contributed by atoms with van der Waals surface area (Å²) in [4.78, 5) is 4.37. The summed E-state index contributed by atoms with van der Waals surface area (Å²) in [5.74, 6) is 1.07. The lowest BCUT2D eigenvalue weighted by molar-refractivity contribution is 0.124. The Morgan fingerprint density at radius 1 is 1.26 bits per heavy atom. The molecule has 0 aromatic carbocycles. The molecular weight excluding hydrogens is 240 g/mol. The van der Waals surface area contributed by atoms with Gasteiger partial charge in [-0.05, 0) is 25.8 Å². The molecule has 1 unspecified atom stereocenters.